The molecule has 0 bridgehead atoms. The van der Waals surface area contributed by atoms with Gasteiger partial charge in [-0.15, -0.1) is 0 Å². The molecule has 8 heteroatoms. The molecule has 0 radical (unpaired) electrons. The molecule has 1 aliphatic rings. The zero-order valence-corrected chi connectivity index (χ0v) is 17.6. The normalized spacial score (nSPS) is 14.2. The first kappa shape index (κ1) is 20.5. The van der Waals surface area contributed by atoms with Crippen LogP contribution in [0, 0.1) is 5.92 Å². The summed E-state index contributed by atoms with van der Waals surface area (Å²) in [6, 6.07) is 9.65. The summed E-state index contributed by atoms with van der Waals surface area (Å²) >= 11 is 6.11. The third kappa shape index (κ3) is 4.25. The Balaban J connectivity index is 1.89. The first-order chi connectivity index (χ1) is 13.2. The molecule has 1 amide bonds. The molecule has 3 rings (SSSR count). The minimum Gasteiger partial charge on any atom is -0.497 e. The number of fused-ring (bicyclic) bond motifs is 1. The molecule has 0 unspecified atom stereocenters. The molecule has 0 atom stereocenters. The summed E-state index contributed by atoms with van der Waals surface area (Å²) in [6.45, 7) is 4.75. The first-order valence-electron chi connectivity index (χ1n) is 9.01. The highest BCUT2D eigenvalue weighted by Gasteiger charge is 2.26. The monoisotopic (exact) mass is 422 g/mol. The third-order valence-electron chi connectivity index (χ3n) is 4.51. The van der Waals surface area contributed by atoms with Crippen LogP contribution in [0.2, 0.25) is 5.02 Å². The predicted octanol–water partition coefficient (Wildman–Crippen LogP) is 4.08. The van der Waals surface area contributed by atoms with Crippen LogP contribution in [0.25, 0.3) is 0 Å². The van der Waals surface area contributed by atoms with Gasteiger partial charge in [0.05, 0.1) is 12.1 Å². The van der Waals surface area contributed by atoms with Crippen LogP contribution in [0.5, 0.6) is 5.75 Å². The summed E-state index contributed by atoms with van der Waals surface area (Å²) < 4.78 is 33.1. The molecule has 0 spiro atoms. The minimum absolute atomic E-state index is 0.0238. The second kappa shape index (κ2) is 8.01. The summed E-state index contributed by atoms with van der Waals surface area (Å²) in [4.78, 5) is 14.0. The number of amides is 1. The van der Waals surface area contributed by atoms with Gasteiger partial charge in [0.2, 0.25) is 5.91 Å². The molecule has 1 N–H and O–H groups in total. The predicted molar refractivity (Wildman–Crippen MR) is 111 cm³/mol. The number of rotatable bonds is 6. The van der Waals surface area contributed by atoms with Crippen molar-refractivity contribution in [2.45, 2.75) is 31.6 Å². The van der Waals surface area contributed by atoms with E-state index >= 15 is 0 Å². The van der Waals surface area contributed by atoms with Gasteiger partial charge in [-0.1, -0.05) is 25.4 Å². The molecule has 0 saturated heterocycles. The Bertz CT molecular complexity index is 1010. The van der Waals surface area contributed by atoms with Gasteiger partial charge >= 0.3 is 0 Å². The second-order valence-corrected chi connectivity index (χ2v) is 9.20. The number of anilines is 2. The number of aryl methyl sites for hydroxylation is 1. The summed E-state index contributed by atoms with van der Waals surface area (Å²) in [5, 5.41) is 0.0820. The quantitative estimate of drug-likeness (QED) is 0.760. The zero-order chi connectivity index (χ0) is 20.5. The number of halogens is 1. The van der Waals surface area contributed by atoms with Crippen LogP contribution in [0.4, 0.5) is 11.4 Å². The van der Waals surface area contributed by atoms with Gasteiger partial charge in [0.15, 0.2) is 0 Å². The van der Waals surface area contributed by atoms with Crippen LogP contribution < -0.4 is 14.4 Å². The Labute approximate surface area is 170 Å². The van der Waals surface area contributed by atoms with Crippen molar-refractivity contribution in [2.24, 2.45) is 5.92 Å². The number of sulfonamides is 1. The highest BCUT2D eigenvalue weighted by atomic mass is 35.5. The molecule has 0 aliphatic carbocycles. The fraction of sp³-hybridized carbons (Fsp3) is 0.350. The van der Waals surface area contributed by atoms with Crippen molar-refractivity contribution in [1.29, 1.82) is 0 Å². The van der Waals surface area contributed by atoms with Crippen molar-refractivity contribution in [3.63, 3.8) is 0 Å². The van der Waals surface area contributed by atoms with E-state index in [-0.39, 0.29) is 15.8 Å². The van der Waals surface area contributed by atoms with Crippen LogP contribution in [-0.4, -0.2) is 28.0 Å². The number of benzene rings is 2. The van der Waals surface area contributed by atoms with E-state index in [2.05, 4.69) is 18.6 Å². The number of ether oxygens (including phenoxy) is 1. The van der Waals surface area contributed by atoms with Gasteiger partial charge in [0.25, 0.3) is 10.0 Å². The Morgan fingerprint density at radius 1 is 1.18 bits per heavy atom. The van der Waals surface area contributed by atoms with E-state index in [1.165, 1.54) is 19.2 Å². The molecular formula is C20H23ClN2O4S. The van der Waals surface area contributed by atoms with Gasteiger partial charge in [-0.05, 0) is 48.2 Å². The SMILES string of the molecule is COc1ccc(S(=O)(=O)Nc2ccc3c(c2)CCC(=O)N3CC(C)C)c(Cl)c1. The number of carbonyl (C=O) groups excluding carboxylic acids is 1. The average molecular weight is 423 g/mol. The van der Waals surface area contributed by atoms with E-state index in [9.17, 15) is 13.2 Å². The van der Waals surface area contributed by atoms with Gasteiger partial charge in [-0.3, -0.25) is 9.52 Å². The highest BCUT2D eigenvalue weighted by Crippen LogP contribution is 2.33. The molecule has 0 saturated carbocycles. The number of methoxy groups -OCH3 is 1. The van der Waals surface area contributed by atoms with Crippen LogP contribution in [0.3, 0.4) is 0 Å². The summed E-state index contributed by atoms with van der Waals surface area (Å²) in [5.41, 5.74) is 2.22. The molecular weight excluding hydrogens is 400 g/mol. The van der Waals surface area contributed by atoms with Gasteiger partial charge in [0, 0.05) is 30.4 Å². The van der Waals surface area contributed by atoms with Crippen LogP contribution in [0.15, 0.2) is 41.3 Å². The second-order valence-electron chi connectivity index (χ2n) is 7.14. The van der Waals surface area contributed by atoms with Crippen molar-refractivity contribution < 1.29 is 17.9 Å². The topological polar surface area (TPSA) is 75.7 Å². The van der Waals surface area contributed by atoms with Crippen molar-refractivity contribution in [3.8, 4) is 5.75 Å². The fourth-order valence-corrected chi connectivity index (χ4v) is 4.81. The lowest BCUT2D eigenvalue weighted by molar-refractivity contribution is -0.119. The molecule has 6 nitrogen and oxygen atoms in total. The number of nitrogens with one attached hydrogen (secondary N) is 1. The van der Waals surface area contributed by atoms with Crippen LogP contribution in [-0.2, 0) is 21.2 Å². The fourth-order valence-electron chi connectivity index (χ4n) is 3.23. The summed E-state index contributed by atoms with van der Waals surface area (Å²) in [7, 11) is -2.37. The van der Waals surface area contributed by atoms with E-state index in [0.29, 0.717) is 36.7 Å². The maximum absolute atomic E-state index is 12.8. The van der Waals surface area contributed by atoms with Crippen LogP contribution >= 0.6 is 11.6 Å². The Morgan fingerprint density at radius 3 is 2.57 bits per heavy atom. The molecule has 0 aromatic heterocycles. The van der Waals surface area contributed by atoms with Crippen molar-refractivity contribution in [3.05, 3.63) is 47.0 Å². The molecule has 1 aliphatic heterocycles. The summed E-state index contributed by atoms with van der Waals surface area (Å²) in [6.07, 6.45) is 1.00. The average Bonchev–Trinajstić information content (AvgIpc) is 2.63. The molecule has 0 fully saturated rings. The van der Waals surface area contributed by atoms with Crippen molar-refractivity contribution >= 4 is 38.9 Å². The molecule has 2 aromatic rings. The highest BCUT2D eigenvalue weighted by molar-refractivity contribution is 7.92. The maximum atomic E-state index is 12.8. The Hall–Kier alpha value is -2.25. The zero-order valence-electron chi connectivity index (χ0n) is 16.0. The Kier molecular flexibility index (Phi) is 5.86. The standard InChI is InChI=1S/C20H23ClN2O4S/c1-13(2)12-23-18-7-5-15(10-14(18)4-9-20(23)24)22-28(25,26)19-8-6-16(27-3)11-17(19)21/h5-8,10-11,13,22H,4,9,12H2,1-3H3. The van der Waals surface area contributed by atoms with Gasteiger partial charge in [-0.2, -0.15) is 0 Å². The van der Waals surface area contributed by atoms with Gasteiger partial charge < -0.3 is 9.64 Å². The molecule has 28 heavy (non-hydrogen) atoms. The number of hydrogen-bond acceptors (Lipinski definition) is 4. The van der Waals surface area contributed by atoms with Crippen molar-refractivity contribution in [1.82, 2.24) is 0 Å². The van der Waals surface area contributed by atoms with Gasteiger partial charge in [-0.25, -0.2) is 8.42 Å². The van der Waals surface area contributed by atoms with E-state index in [4.69, 9.17) is 16.3 Å². The number of carbonyl (C=O) groups is 1. The molecule has 150 valence electrons. The smallest absolute Gasteiger partial charge is 0.263 e. The van der Waals surface area contributed by atoms with E-state index in [1.54, 1.807) is 29.2 Å². The van der Waals surface area contributed by atoms with E-state index in [1.807, 2.05) is 0 Å². The largest absolute Gasteiger partial charge is 0.497 e. The molecule has 2 aromatic carbocycles. The first-order valence-corrected chi connectivity index (χ1v) is 10.9. The number of hydrogen-bond donors (Lipinski definition) is 1. The summed E-state index contributed by atoms with van der Waals surface area (Å²) in [5.74, 6) is 0.914. The van der Waals surface area contributed by atoms with Crippen molar-refractivity contribution in [2.75, 3.05) is 23.3 Å². The minimum atomic E-state index is -3.86. The maximum Gasteiger partial charge on any atom is 0.263 e. The Morgan fingerprint density at radius 2 is 1.93 bits per heavy atom. The lowest BCUT2D eigenvalue weighted by Crippen LogP contribution is -2.37. The third-order valence-corrected chi connectivity index (χ3v) is 6.37. The number of nitrogens with zero attached hydrogens (tertiary/aromatic N) is 1. The lowest BCUT2D eigenvalue weighted by atomic mass is 9.99. The van der Waals surface area contributed by atoms with Gasteiger partial charge in [0.1, 0.15) is 10.6 Å². The van der Waals surface area contributed by atoms with E-state index < -0.39 is 10.0 Å². The lowest BCUT2D eigenvalue weighted by Gasteiger charge is -2.31. The van der Waals surface area contributed by atoms with E-state index in [0.717, 1.165) is 11.3 Å². The molecule has 1 heterocycles. The van der Waals surface area contributed by atoms with Crippen LogP contribution in [0.1, 0.15) is 25.8 Å².